The zero-order valence-electron chi connectivity index (χ0n) is 15.3. The van der Waals surface area contributed by atoms with E-state index < -0.39 is 17.2 Å². The summed E-state index contributed by atoms with van der Waals surface area (Å²) in [5.74, 6) is -0.173. The van der Waals surface area contributed by atoms with E-state index in [9.17, 15) is 28.2 Å². The molecule has 4 aliphatic rings. The van der Waals surface area contributed by atoms with Crippen LogP contribution in [0.4, 0.5) is 13.2 Å². The molecule has 0 aromatic heterocycles. The van der Waals surface area contributed by atoms with E-state index in [1.54, 1.807) is 6.92 Å². The highest BCUT2D eigenvalue weighted by atomic mass is 19.4. The highest BCUT2D eigenvalue weighted by Gasteiger charge is 2.72. The van der Waals surface area contributed by atoms with Crippen molar-refractivity contribution in [1.29, 1.82) is 0 Å². The molecule has 0 saturated heterocycles. The number of fused-ring (bicyclic) bond motifs is 5. The maximum Gasteiger partial charge on any atom is 0.417 e. The molecule has 0 heterocycles. The van der Waals surface area contributed by atoms with Gasteiger partial charge in [0, 0.05) is 11.8 Å². The molecule has 1 unspecified atom stereocenters. The Kier molecular flexibility index (Phi) is 3.71. The quantitative estimate of drug-likeness (QED) is 0.648. The lowest BCUT2D eigenvalue weighted by Gasteiger charge is -2.59. The molecule has 6 heteroatoms. The van der Waals surface area contributed by atoms with Crippen LogP contribution in [0.2, 0.25) is 0 Å². The lowest BCUT2D eigenvalue weighted by atomic mass is 9.46. The monoisotopic (exact) mass is 372 g/mol. The zero-order valence-corrected chi connectivity index (χ0v) is 15.3. The maximum atomic E-state index is 13.7. The summed E-state index contributed by atoms with van der Waals surface area (Å²) < 4.78 is 41.1. The van der Waals surface area contributed by atoms with Crippen molar-refractivity contribution in [2.45, 2.75) is 77.0 Å². The summed E-state index contributed by atoms with van der Waals surface area (Å²) >= 11 is 0. The third kappa shape index (κ3) is 2.02. The fraction of sp³-hybridized carbons (Fsp3) is 0.850. The first-order chi connectivity index (χ1) is 12.0. The van der Waals surface area contributed by atoms with E-state index in [-0.39, 0.29) is 41.1 Å². The SMILES string of the molecule is C[C@]12CCC(=O)C(O)=C1CC[C@@H]1[C@H]2CC[C@@]2(C)[C@H]1CCC2(O)C(F)(F)F. The van der Waals surface area contributed by atoms with Crippen molar-refractivity contribution in [2.75, 3.05) is 0 Å². The van der Waals surface area contributed by atoms with Crippen LogP contribution in [-0.4, -0.2) is 27.8 Å². The number of hydrogen-bond donors (Lipinski definition) is 2. The molecule has 0 spiro atoms. The number of carbonyl (C=O) groups is 1. The Morgan fingerprint density at radius 1 is 1.00 bits per heavy atom. The van der Waals surface area contributed by atoms with Crippen molar-refractivity contribution in [3.8, 4) is 0 Å². The summed E-state index contributed by atoms with van der Waals surface area (Å²) in [6.45, 7) is 3.71. The molecule has 0 aliphatic heterocycles. The highest BCUT2D eigenvalue weighted by molar-refractivity contribution is 5.95. The maximum absolute atomic E-state index is 13.7. The molecule has 146 valence electrons. The average Bonchev–Trinajstić information content (AvgIpc) is 2.84. The Balaban J connectivity index is 1.72. The number of hydrogen-bond acceptors (Lipinski definition) is 3. The fourth-order valence-corrected chi connectivity index (χ4v) is 7.17. The van der Waals surface area contributed by atoms with Gasteiger partial charge in [0.1, 0.15) is 0 Å². The van der Waals surface area contributed by atoms with Crippen LogP contribution in [0.15, 0.2) is 11.3 Å². The lowest BCUT2D eigenvalue weighted by Crippen LogP contribution is -2.60. The van der Waals surface area contributed by atoms with Crippen LogP contribution < -0.4 is 0 Å². The third-order valence-corrected chi connectivity index (χ3v) is 8.71. The number of rotatable bonds is 0. The van der Waals surface area contributed by atoms with Gasteiger partial charge in [0.15, 0.2) is 17.1 Å². The first kappa shape index (κ1) is 18.3. The molecule has 4 rings (SSSR count). The molecular formula is C20H27F3O3. The molecule has 0 amide bonds. The van der Waals surface area contributed by atoms with Gasteiger partial charge in [0.05, 0.1) is 0 Å². The van der Waals surface area contributed by atoms with Crippen molar-refractivity contribution in [2.24, 2.45) is 28.6 Å². The summed E-state index contributed by atoms with van der Waals surface area (Å²) in [5.41, 5.74) is -3.22. The minimum Gasteiger partial charge on any atom is -0.504 e. The van der Waals surface area contributed by atoms with Crippen LogP contribution in [0.3, 0.4) is 0 Å². The number of ketones is 1. The second-order valence-corrected chi connectivity index (χ2v) is 9.44. The Morgan fingerprint density at radius 3 is 2.31 bits per heavy atom. The summed E-state index contributed by atoms with van der Waals surface area (Å²) in [6.07, 6.45) is -1.24. The molecule has 0 aromatic rings. The van der Waals surface area contributed by atoms with E-state index in [0.29, 0.717) is 44.9 Å². The summed E-state index contributed by atoms with van der Waals surface area (Å²) in [4.78, 5) is 11.9. The number of allylic oxidation sites excluding steroid dienone is 1. The van der Waals surface area contributed by atoms with Crippen molar-refractivity contribution in [1.82, 2.24) is 0 Å². The number of aliphatic hydroxyl groups is 2. The first-order valence-electron chi connectivity index (χ1n) is 9.70. The lowest BCUT2D eigenvalue weighted by molar-refractivity contribution is -0.303. The fourth-order valence-electron chi connectivity index (χ4n) is 7.17. The van der Waals surface area contributed by atoms with Gasteiger partial charge in [0.25, 0.3) is 0 Å². The predicted octanol–water partition coefficient (Wildman–Crippen LogP) is 4.70. The zero-order chi connectivity index (χ0) is 19.1. The summed E-state index contributed by atoms with van der Waals surface area (Å²) in [6, 6.07) is 0. The molecular weight excluding hydrogens is 345 g/mol. The smallest absolute Gasteiger partial charge is 0.417 e. The van der Waals surface area contributed by atoms with E-state index in [2.05, 4.69) is 6.92 Å². The minimum absolute atomic E-state index is 0.0937. The van der Waals surface area contributed by atoms with Gasteiger partial charge in [-0.2, -0.15) is 13.2 Å². The third-order valence-electron chi connectivity index (χ3n) is 8.71. The van der Waals surface area contributed by atoms with Crippen LogP contribution in [-0.2, 0) is 4.79 Å². The first-order valence-corrected chi connectivity index (χ1v) is 9.70. The van der Waals surface area contributed by atoms with Crippen molar-refractivity contribution >= 4 is 5.78 Å². The number of halogens is 3. The standard InChI is InChI=1S/C20H27F3O3/c1-17-8-7-15(24)16(25)14(17)4-3-11-12(17)5-9-18(2)13(11)6-10-19(18,26)20(21,22)23/h11-13,25-26H,3-10H2,1-2H3/t11-,12-,13+,17-,18+,19?/m1/s1. The average molecular weight is 372 g/mol. The van der Waals surface area contributed by atoms with E-state index in [0.717, 1.165) is 5.57 Å². The predicted molar refractivity (Wildman–Crippen MR) is 89.3 cm³/mol. The van der Waals surface area contributed by atoms with Crippen LogP contribution in [0.5, 0.6) is 0 Å². The number of carbonyl (C=O) groups excluding carboxylic acids is 1. The van der Waals surface area contributed by atoms with Crippen LogP contribution in [0, 0.1) is 28.6 Å². The van der Waals surface area contributed by atoms with E-state index in [4.69, 9.17) is 0 Å². The molecule has 26 heavy (non-hydrogen) atoms. The summed E-state index contributed by atoms with van der Waals surface area (Å²) in [7, 11) is 0. The Morgan fingerprint density at radius 2 is 1.65 bits per heavy atom. The second-order valence-electron chi connectivity index (χ2n) is 9.44. The van der Waals surface area contributed by atoms with Gasteiger partial charge >= 0.3 is 6.18 Å². The van der Waals surface area contributed by atoms with E-state index >= 15 is 0 Å². The minimum atomic E-state index is -4.61. The largest absolute Gasteiger partial charge is 0.504 e. The molecule has 6 atom stereocenters. The highest BCUT2D eigenvalue weighted by Crippen LogP contribution is 2.69. The molecule has 0 aromatic carbocycles. The molecule has 4 aliphatic carbocycles. The van der Waals surface area contributed by atoms with E-state index in [1.807, 2.05) is 0 Å². The van der Waals surface area contributed by atoms with Gasteiger partial charge in [-0.15, -0.1) is 0 Å². The molecule has 0 radical (unpaired) electrons. The van der Waals surface area contributed by atoms with Gasteiger partial charge in [0.2, 0.25) is 0 Å². The van der Waals surface area contributed by atoms with Gasteiger partial charge in [-0.1, -0.05) is 13.8 Å². The Hall–Kier alpha value is -1.04. The van der Waals surface area contributed by atoms with Gasteiger partial charge in [-0.25, -0.2) is 0 Å². The molecule has 3 fully saturated rings. The van der Waals surface area contributed by atoms with Crippen LogP contribution in [0.1, 0.15) is 65.2 Å². The van der Waals surface area contributed by atoms with E-state index in [1.165, 1.54) is 0 Å². The number of Topliss-reactive ketones (excluding diaryl/α,β-unsaturated/α-hetero) is 1. The van der Waals surface area contributed by atoms with Gasteiger partial charge in [-0.05, 0) is 73.7 Å². The van der Waals surface area contributed by atoms with Gasteiger partial charge < -0.3 is 10.2 Å². The second kappa shape index (κ2) is 5.27. The number of aliphatic hydroxyl groups excluding tert-OH is 1. The van der Waals surface area contributed by atoms with Crippen molar-refractivity contribution in [3.63, 3.8) is 0 Å². The van der Waals surface area contributed by atoms with Gasteiger partial charge in [-0.3, -0.25) is 4.79 Å². The normalized spacial score (nSPS) is 48.8. The molecule has 2 N–H and O–H groups in total. The Bertz CT molecular complexity index is 684. The molecule has 0 bridgehead atoms. The van der Waals surface area contributed by atoms with Crippen LogP contribution in [0.25, 0.3) is 0 Å². The van der Waals surface area contributed by atoms with Crippen molar-refractivity contribution < 1.29 is 28.2 Å². The number of alkyl halides is 3. The Labute approximate surface area is 151 Å². The van der Waals surface area contributed by atoms with Crippen molar-refractivity contribution in [3.05, 3.63) is 11.3 Å². The summed E-state index contributed by atoms with van der Waals surface area (Å²) in [5, 5.41) is 20.9. The molecule has 3 saturated carbocycles. The van der Waals surface area contributed by atoms with Crippen LogP contribution >= 0.6 is 0 Å². The topological polar surface area (TPSA) is 57.5 Å². The molecule has 3 nitrogen and oxygen atoms in total.